The van der Waals surface area contributed by atoms with E-state index in [1.165, 1.54) is 9.75 Å². The normalized spacial score (nSPS) is 11.8. The first-order valence-corrected chi connectivity index (χ1v) is 10.2. The van der Waals surface area contributed by atoms with Crippen LogP contribution in [0.5, 0.6) is 0 Å². The highest BCUT2D eigenvalue weighted by Crippen LogP contribution is 2.29. The summed E-state index contributed by atoms with van der Waals surface area (Å²) in [4.78, 5) is 18.7. The lowest BCUT2D eigenvalue weighted by Crippen LogP contribution is -2.41. The molecule has 0 aliphatic heterocycles. The largest absolute Gasteiger partial charge is 0.354 e. The Morgan fingerprint density at radius 3 is 2.91 bits per heavy atom. The fourth-order valence-corrected chi connectivity index (χ4v) is 4.09. The minimum absolute atomic E-state index is 0. The third kappa shape index (κ3) is 6.43. The van der Waals surface area contributed by atoms with Crippen molar-refractivity contribution in [1.29, 1.82) is 0 Å². The van der Waals surface area contributed by atoms with Gasteiger partial charge in [0.25, 0.3) is 0 Å². The van der Waals surface area contributed by atoms with Crippen molar-refractivity contribution < 1.29 is 4.79 Å². The quantitative estimate of drug-likeness (QED) is 0.724. The lowest BCUT2D eigenvalue weighted by Gasteiger charge is -2.10. The van der Waals surface area contributed by atoms with E-state index in [1.807, 2.05) is 13.2 Å². The maximum Gasteiger partial charge on any atom is 0.236 e. The Morgan fingerprint density at radius 1 is 1.48 bits per heavy atom. The number of carbonyl (C=O) groups is 1. The number of carbonyl (C=O) groups excluding carboxylic acids is 1. The van der Waals surface area contributed by atoms with Crippen molar-refractivity contribution in [2.75, 3.05) is 18.6 Å². The first-order valence-electron chi connectivity index (χ1n) is 7.13. The molecule has 2 aromatic heterocycles. The lowest BCUT2D eigenvalue weighted by atomic mass is 10.2. The third-order valence-electron chi connectivity index (χ3n) is 3.17. The molecule has 0 aliphatic carbocycles. The minimum atomic E-state index is -0.399. The van der Waals surface area contributed by atoms with Gasteiger partial charge in [-0.25, -0.2) is 4.98 Å². The van der Waals surface area contributed by atoms with Crippen LogP contribution in [0.4, 0.5) is 0 Å². The highest BCUT2D eigenvalue weighted by atomic mass is 35.5. The van der Waals surface area contributed by atoms with E-state index >= 15 is 0 Å². The molecule has 4 nitrogen and oxygen atoms in total. The Hall–Kier alpha value is -0.600. The number of nitrogens with two attached hydrogens (primary N) is 1. The van der Waals surface area contributed by atoms with Crippen molar-refractivity contribution in [2.24, 2.45) is 5.73 Å². The Morgan fingerprint density at radius 2 is 2.26 bits per heavy atom. The summed E-state index contributed by atoms with van der Waals surface area (Å²) in [6, 6.07) is 3.80. The van der Waals surface area contributed by atoms with Crippen molar-refractivity contribution in [3.8, 4) is 10.6 Å². The Labute approximate surface area is 155 Å². The highest BCUT2D eigenvalue weighted by molar-refractivity contribution is 7.98. The molecule has 2 aromatic rings. The van der Waals surface area contributed by atoms with Crippen LogP contribution in [-0.4, -0.2) is 35.5 Å². The third-order valence-corrected chi connectivity index (χ3v) is 5.76. The van der Waals surface area contributed by atoms with Crippen LogP contribution < -0.4 is 11.1 Å². The predicted molar refractivity (Wildman–Crippen MR) is 105 cm³/mol. The van der Waals surface area contributed by atoms with E-state index in [0.29, 0.717) is 6.54 Å². The Bertz CT molecular complexity index is 615. The molecule has 3 N–H and O–H groups in total. The van der Waals surface area contributed by atoms with E-state index in [1.54, 1.807) is 34.4 Å². The van der Waals surface area contributed by atoms with Crippen molar-refractivity contribution in [3.63, 3.8) is 0 Å². The zero-order valence-corrected chi connectivity index (χ0v) is 16.5. The van der Waals surface area contributed by atoms with Gasteiger partial charge in [-0.15, -0.1) is 35.1 Å². The van der Waals surface area contributed by atoms with Crippen LogP contribution in [0.2, 0.25) is 0 Å². The SMILES string of the molecule is CSCC[C@H](N)C(=O)NCCc1ccc(-c2csc(C)n2)s1.Cl. The molecule has 0 fully saturated rings. The van der Waals surface area contributed by atoms with Gasteiger partial charge in [-0.3, -0.25) is 4.79 Å². The number of halogens is 1. The number of aromatic nitrogens is 1. The smallest absolute Gasteiger partial charge is 0.236 e. The molecule has 2 heterocycles. The maximum atomic E-state index is 11.8. The molecule has 2 rings (SSSR count). The molecule has 128 valence electrons. The van der Waals surface area contributed by atoms with Crippen molar-refractivity contribution >= 4 is 52.7 Å². The molecule has 1 amide bonds. The molecule has 1 atom stereocenters. The van der Waals surface area contributed by atoms with Crippen LogP contribution in [0.3, 0.4) is 0 Å². The van der Waals surface area contributed by atoms with Gasteiger partial charge in [0, 0.05) is 16.8 Å². The summed E-state index contributed by atoms with van der Waals surface area (Å²) in [7, 11) is 0. The summed E-state index contributed by atoms with van der Waals surface area (Å²) < 4.78 is 0. The van der Waals surface area contributed by atoms with Gasteiger partial charge in [-0.1, -0.05) is 0 Å². The average molecular weight is 392 g/mol. The Kier molecular flexibility index (Phi) is 9.16. The molecular weight excluding hydrogens is 370 g/mol. The molecule has 23 heavy (non-hydrogen) atoms. The molecule has 0 aliphatic rings. The molecule has 0 unspecified atom stereocenters. The molecule has 0 aromatic carbocycles. The number of thiazole rings is 1. The number of nitrogens with zero attached hydrogens (tertiary/aromatic N) is 1. The number of nitrogens with one attached hydrogen (secondary N) is 1. The van der Waals surface area contributed by atoms with E-state index in [0.717, 1.165) is 29.3 Å². The Balaban J connectivity index is 0.00000264. The van der Waals surface area contributed by atoms with E-state index in [2.05, 4.69) is 27.8 Å². The second-order valence-electron chi connectivity index (χ2n) is 4.95. The topological polar surface area (TPSA) is 68.0 Å². The number of thiophene rings is 1. The fraction of sp³-hybridized carbons (Fsp3) is 0.467. The molecule has 0 spiro atoms. The van der Waals surface area contributed by atoms with E-state index in [4.69, 9.17) is 5.73 Å². The van der Waals surface area contributed by atoms with Crippen LogP contribution >= 0.6 is 46.8 Å². The number of hydrogen-bond acceptors (Lipinski definition) is 6. The van der Waals surface area contributed by atoms with E-state index in [9.17, 15) is 4.79 Å². The highest BCUT2D eigenvalue weighted by Gasteiger charge is 2.12. The number of aryl methyl sites for hydroxylation is 1. The number of rotatable bonds is 8. The van der Waals surface area contributed by atoms with Gasteiger partial charge in [-0.2, -0.15) is 11.8 Å². The first-order chi connectivity index (χ1) is 10.6. The van der Waals surface area contributed by atoms with Gasteiger partial charge in [0.05, 0.1) is 21.6 Å². The molecule has 8 heteroatoms. The van der Waals surface area contributed by atoms with Gasteiger partial charge < -0.3 is 11.1 Å². The summed E-state index contributed by atoms with van der Waals surface area (Å²) in [6.45, 7) is 2.64. The molecular formula is C15H22ClN3OS3. The number of thioether (sulfide) groups is 1. The monoisotopic (exact) mass is 391 g/mol. The zero-order chi connectivity index (χ0) is 15.9. The van der Waals surface area contributed by atoms with Crippen LogP contribution in [0.15, 0.2) is 17.5 Å². The molecule has 0 radical (unpaired) electrons. The number of amides is 1. The summed E-state index contributed by atoms with van der Waals surface area (Å²) in [5.41, 5.74) is 6.88. The summed E-state index contributed by atoms with van der Waals surface area (Å²) >= 11 is 5.10. The second-order valence-corrected chi connectivity index (χ2v) is 8.16. The summed E-state index contributed by atoms with van der Waals surface area (Å²) in [6.07, 6.45) is 3.57. The van der Waals surface area contributed by atoms with Crippen molar-refractivity contribution in [1.82, 2.24) is 10.3 Å². The second kappa shape index (κ2) is 10.3. The lowest BCUT2D eigenvalue weighted by molar-refractivity contribution is -0.122. The van der Waals surface area contributed by atoms with Gasteiger partial charge in [-0.05, 0) is 43.9 Å². The van der Waals surface area contributed by atoms with Gasteiger partial charge in [0.2, 0.25) is 5.91 Å². The van der Waals surface area contributed by atoms with Gasteiger partial charge in [0.15, 0.2) is 0 Å². The minimum Gasteiger partial charge on any atom is -0.354 e. The van der Waals surface area contributed by atoms with Crippen LogP contribution in [0, 0.1) is 6.92 Å². The van der Waals surface area contributed by atoms with Crippen molar-refractivity contribution in [3.05, 3.63) is 27.4 Å². The number of hydrogen-bond donors (Lipinski definition) is 2. The maximum absolute atomic E-state index is 11.8. The van der Waals surface area contributed by atoms with Gasteiger partial charge >= 0.3 is 0 Å². The van der Waals surface area contributed by atoms with Crippen LogP contribution in [-0.2, 0) is 11.2 Å². The predicted octanol–water partition coefficient (Wildman–Crippen LogP) is 3.34. The standard InChI is InChI=1S/C15H21N3OS3.ClH/c1-10-18-13(9-21-10)14-4-3-11(22-14)5-7-17-15(19)12(16)6-8-20-2;/h3-4,9,12H,5-8,16H2,1-2H3,(H,17,19);1H/t12-;/m0./s1. The van der Waals surface area contributed by atoms with Gasteiger partial charge in [0.1, 0.15) is 0 Å². The van der Waals surface area contributed by atoms with Crippen molar-refractivity contribution in [2.45, 2.75) is 25.8 Å². The summed E-state index contributed by atoms with van der Waals surface area (Å²) in [5.74, 6) is 0.858. The van der Waals surface area contributed by atoms with Crippen LogP contribution in [0.1, 0.15) is 16.3 Å². The first kappa shape index (κ1) is 20.4. The zero-order valence-electron chi connectivity index (χ0n) is 13.2. The molecule has 0 saturated heterocycles. The average Bonchev–Trinajstić information content (AvgIpc) is 3.13. The van der Waals surface area contributed by atoms with E-state index < -0.39 is 6.04 Å². The summed E-state index contributed by atoms with van der Waals surface area (Å²) in [5, 5.41) is 6.07. The molecule has 0 saturated carbocycles. The molecule has 0 bridgehead atoms. The fourth-order valence-electron chi connectivity index (χ4n) is 1.94. The van der Waals surface area contributed by atoms with E-state index in [-0.39, 0.29) is 18.3 Å². The van der Waals surface area contributed by atoms with Crippen LogP contribution in [0.25, 0.3) is 10.6 Å².